The van der Waals surface area contributed by atoms with E-state index in [1.54, 1.807) is 0 Å². The average molecular weight is 343 g/mol. The maximum atomic E-state index is 4.99. The number of likely N-dealkylation sites (tertiary alicyclic amines) is 1. The van der Waals surface area contributed by atoms with Gasteiger partial charge in [0.15, 0.2) is 0 Å². The Labute approximate surface area is 156 Å². The lowest BCUT2D eigenvalue weighted by atomic mass is 9.87. The molecular formula is C24H27N2+. The average Bonchev–Trinajstić information content (AvgIpc) is 2.69. The molecule has 132 valence electrons. The van der Waals surface area contributed by atoms with Gasteiger partial charge in [0.25, 0.3) is 0 Å². The van der Waals surface area contributed by atoms with E-state index in [1.165, 1.54) is 42.6 Å². The van der Waals surface area contributed by atoms with Crippen LogP contribution in [0.5, 0.6) is 0 Å². The molecule has 0 atom stereocenters. The normalized spacial score (nSPS) is 17.2. The molecule has 0 bridgehead atoms. The van der Waals surface area contributed by atoms with Gasteiger partial charge in [-0.05, 0) is 23.6 Å². The number of hydrogen-bond acceptors (Lipinski definition) is 1. The summed E-state index contributed by atoms with van der Waals surface area (Å²) < 4.78 is 1.14. The van der Waals surface area contributed by atoms with Crippen molar-refractivity contribution in [2.24, 2.45) is 0 Å². The fourth-order valence-corrected chi connectivity index (χ4v) is 3.90. The van der Waals surface area contributed by atoms with E-state index in [1.807, 2.05) is 0 Å². The van der Waals surface area contributed by atoms with Crippen LogP contribution in [0.1, 0.15) is 24.3 Å². The lowest BCUT2D eigenvalue weighted by Crippen LogP contribution is -2.45. The SMILES string of the molecule is C[N+]1(C)CCC(c2cc(-c3ccccc3)nc(-c3ccccc3)c2)CC1. The van der Waals surface area contributed by atoms with E-state index in [4.69, 9.17) is 4.98 Å². The van der Waals surface area contributed by atoms with Crippen molar-refractivity contribution >= 4 is 0 Å². The van der Waals surface area contributed by atoms with Gasteiger partial charge in [0.1, 0.15) is 0 Å². The van der Waals surface area contributed by atoms with E-state index in [-0.39, 0.29) is 0 Å². The number of pyridine rings is 1. The molecular weight excluding hydrogens is 316 g/mol. The standard InChI is InChI=1S/C24H27N2/c1-26(2)15-13-19(14-16-26)22-17-23(20-9-5-3-6-10-20)25-24(18-22)21-11-7-4-8-12-21/h3-12,17-19H,13-16H2,1-2H3/q+1. The largest absolute Gasteiger partial charge is 0.328 e. The molecule has 0 aliphatic carbocycles. The second-order valence-electron chi connectivity index (χ2n) is 8.06. The second kappa shape index (κ2) is 7.05. The fourth-order valence-electron chi connectivity index (χ4n) is 3.90. The highest BCUT2D eigenvalue weighted by Gasteiger charge is 2.27. The van der Waals surface area contributed by atoms with Gasteiger partial charge in [0, 0.05) is 24.0 Å². The zero-order chi connectivity index (χ0) is 18.0. The third kappa shape index (κ3) is 3.71. The molecule has 0 unspecified atom stereocenters. The van der Waals surface area contributed by atoms with Crippen LogP contribution in [-0.2, 0) is 0 Å². The van der Waals surface area contributed by atoms with E-state index in [2.05, 4.69) is 86.9 Å². The first-order valence-corrected chi connectivity index (χ1v) is 9.56. The smallest absolute Gasteiger partial charge is 0.0788 e. The van der Waals surface area contributed by atoms with Gasteiger partial charge in [-0.25, -0.2) is 4.98 Å². The summed E-state index contributed by atoms with van der Waals surface area (Å²) in [4.78, 5) is 4.99. The van der Waals surface area contributed by atoms with Crippen LogP contribution in [0.25, 0.3) is 22.5 Å². The maximum absolute atomic E-state index is 4.99. The van der Waals surface area contributed by atoms with Gasteiger partial charge in [0.05, 0.1) is 38.6 Å². The molecule has 0 radical (unpaired) electrons. The Morgan fingerprint density at radius 1 is 0.731 bits per heavy atom. The molecule has 2 nitrogen and oxygen atoms in total. The van der Waals surface area contributed by atoms with Crippen LogP contribution in [0.2, 0.25) is 0 Å². The molecule has 0 amide bonds. The zero-order valence-corrected chi connectivity index (χ0v) is 15.7. The van der Waals surface area contributed by atoms with Gasteiger partial charge in [-0.1, -0.05) is 60.7 Å². The molecule has 2 heteroatoms. The molecule has 1 aliphatic rings. The number of nitrogens with zero attached hydrogens (tertiary/aromatic N) is 2. The van der Waals surface area contributed by atoms with Crippen LogP contribution in [-0.4, -0.2) is 36.7 Å². The van der Waals surface area contributed by atoms with Crippen molar-refractivity contribution in [3.05, 3.63) is 78.4 Å². The van der Waals surface area contributed by atoms with Crippen LogP contribution in [0.3, 0.4) is 0 Å². The number of benzene rings is 2. The number of rotatable bonds is 3. The van der Waals surface area contributed by atoms with E-state index in [0.29, 0.717) is 5.92 Å². The molecule has 1 aromatic heterocycles. The van der Waals surface area contributed by atoms with Crippen LogP contribution >= 0.6 is 0 Å². The van der Waals surface area contributed by atoms with Gasteiger partial charge in [0.2, 0.25) is 0 Å². The van der Waals surface area contributed by atoms with Crippen molar-refractivity contribution in [1.82, 2.24) is 4.98 Å². The van der Waals surface area contributed by atoms with Gasteiger partial charge >= 0.3 is 0 Å². The lowest BCUT2D eigenvalue weighted by Gasteiger charge is -2.37. The zero-order valence-electron chi connectivity index (χ0n) is 15.7. The Balaban J connectivity index is 1.76. The van der Waals surface area contributed by atoms with Crippen molar-refractivity contribution in [2.45, 2.75) is 18.8 Å². The minimum atomic E-state index is 0.633. The lowest BCUT2D eigenvalue weighted by molar-refractivity contribution is -0.895. The van der Waals surface area contributed by atoms with Crippen LogP contribution < -0.4 is 0 Å². The third-order valence-electron chi connectivity index (χ3n) is 5.62. The van der Waals surface area contributed by atoms with Gasteiger partial charge in [-0.3, -0.25) is 0 Å². The summed E-state index contributed by atoms with van der Waals surface area (Å²) in [6.45, 7) is 2.49. The second-order valence-corrected chi connectivity index (χ2v) is 8.06. The molecule has 1 saturated heterocycles. The van der Waals surface area contributed by atoms with Crippen molar-refractivity contribution in [3.63, 3.8) is 0 Å². The number of aromatic nitrogens is 1. The van der Waals surface area contributed by atoms with Crippen molar-refractivity contribution in [2.75, 3.05) is 27.2 Å². The summed E-state index contributed by atoms with van der Waals surface area (Å²) in [6, 6.07) is 25.7. The Bertz CT molecular complexity index is 801. The number of piperidine rings is 1. The molecule has 2 heterocycles. The molecule has 2 aromatic carbocycles. The Morgan fingerprint density at radius 3 is 1.65 bits per heavy atom. The molecule has 4 rings (SSSR count). The number of quaternary nitrogens is 1. The third-order valence-corrected chi connectivity index (χ3v) is 5.62. The summed E-state index contributed by atoms with van der Waals surface area (Å²) in [7, 11) is 4.68. The molecule has 3 aromatic rings. The Hall–Kier alpha value is -2.45. The Kier molecular flexibility index (Phi) is 4.60. The predicted octanol–water partition coefficient (Wildman–Crippen LogP) is 5.37. The van der Waals surface area contributed by atoms with Gasteiger partial charge < -0.3 is 4.48 Å². The molecule has 0 N–H and O–H groups in total. The van der Waals surface area contributed by atoms with E-state index in [9.17, 15) is 0 Å². The minimum absolute atomic E-state index is 0.633. The molecule has 1 aliphatic heterocycles. The first-order valence-electron chi connectivity index (χ1n) is 9.56. The van der Waals surface area contributed by atoms with Gasteiger partial charge in [-0.15, -0.1) is 0 Å². The van der Waals surface area contributed by atoms with E-state index < -0.39 is 0 Å². The fraction of sp³-hybridized carbons (Fsp3) is 0.292. The van der Waals surface area contributed by atoms with Crippen molar-refractivity contribution in [1.29, 1.82) is 0 Å². The highest BCUT2D eigenvalue weighted by Crippen LogP contribution is 2.34. The van der Waals surface area contributed by atoms with E-state index >= 15 is 0 Å². The van der Waals surface area contributed by atoms with Crippen molar-refractivity contribution < 1.29 is 4.48 Å². The summed E-state index contributed by atoms with van der Waals surface area (Å²) in [5, 5.41) is 0. The molecule has 0 saturated carbocycles. The monoisotopic (exact) mass is 343 g/mol. The first kappa shape index (κ1) is 17.0. The number of hydrogen-bond donors (Lipinski definition) is 0. The summed E-state index contributed by atoms with van der Waals surface area (Å²) in [6.07, 6.45) is 2.50. The predicted molar refractivity (Wildman–Crippen MR) is 109 cm³/mol. The maximum Gasteiger partial charge on any atom is 0.0788 e. The minimum Gasteiger partial charge on any atom is -0.328 e. The molecule has 26 heavy (non-hydrogen) atoms. The van der Waals surface area contributed by atoms with Crippen LogP contribution in [0, 0.1) is 0 Å². The highest BCUT2D eigenvalue weighted by molar-refractivity contribution is 5.67. The summed E-state index contributed by atoms with van der Waals surface area (Å²) in [5.74, 6) is 0.633. The molecule has 1 fully saturated rings. The van der Waals surface area contributed by atoms with Crippen LogP contribution in [0.15, 0.2) is 72.8 Å². The van der Waals surface area contributed by atoms with Crippen molar-refractivity contribution in [3.8, 4) is 22.5 Å². The summed E-state index contributed by atoms with van der Waals surface area (Å²) >= 11 is 0. The van der Waals surface area contributed by atoms with E-state index in [0.717, 1.165) is 15.9 Å². The first-order chi connectivity index (χ1) is 12.6. The van der Waals surface area contributed by atoms with Gasteiger partial charge in [-0.2, -0.15) is 0 Å². The Morgan fingerprint density at radius 2 is 1.19 bits per heavy atom. The van der Waals surface area contributed by atoms with Crippen LogP contribution in [0.4, 0.5) is 0 Å². The summed E-state index contributed by atoms with van der Waals surface area (Å²) in [5.41, 5.74) is 6.00. The topological polar surface area (TPSA) is 12.9 Å². The quantitative estimate of drug-likeness (QED) is 0.583. The highest BCUT2D eigenvalue weighted by atomic mass is 15.3. The molecule has 0 spiro atoms.